The van der Waals surface area contributed by atoms with E-state index >= 15 is 0 Å². The van der Waals surface area contributed by atoms with E-state index in [0.29, 0.717) is 5.69 Å². The number of hydrogen-bond acceptors (Lipinski definition) is 3. The molecule has 4 nitrogen and oxygen atoms in total. The fraction of sp³-hybridized carbons (Fsp3) is 0. The Morgan fingerprint density at radius 1 is 1.25 bits per heavy atom. The number of carboxylic acid groups (broad SMARTS) is 1. The lowest BCUT2D eigenvalue weighted by atomic mass is 10.1. The minimum absolute atomic E-state index is 0.178. The van der Waals surface area contributed by atoms with Gasteiger partial charge in [0.15, 0.2) is 0 Å². The summed E-state index contributed by atoms with van der Waals surface area (Å²) in [5.74, 6) is -0.987. The predicted molar refractivity (Wildman–Crippen MR) is 61.0 cm³/mol. The predicted octanol–water partition coefficient (Wildman–Crippen LogP) is 2.03. The average molecular weight is 214 g/mol. The van der Waals surface area contributed by atoms with Crippen molar-refractivity contribution in [2.75, 3.05) is 5.73 Å². The minimum atomic E-state index is -0.987. The van der Waals surface area contributed by atoms with Gasteiger partial charge in [-0.1, -0.05) is 6.07 Å². The van der Waals surface area contributed by atoms with Gasteiger partial charge in [0.05, 0.1) is 11.3 Å². The van der Waals surface area contributed by atoms with Gasteiger partial charge in [-0.05, 0) is 30.3 Å². The number of aromatic nitrogens is 1. The molecule has 0 atom stereocenters. The van der Waals surface area contributed by atoms with Crippen molar-refractivity contribution in [1.29, 1.82) is 0 Å². The molecule has 1 aromatic heterocycles. The molecule has 4 heteroatoms. The SMILES string of the molecule is Nc1cc(C(=O)O)ccc1-c1ccccn1. The van der Waals surface area contributed by atoms with Gasteiger partial charge < -0.3 is 10.8 Å². The molecule has 0 aliphatic heterocycles. The molecule has 0 amide bonds. The third-order valence-corrected chi connectivity index (χ3v) is 2.24. The summed E-state index contributed by atoms with van der Waals surface area (Å²) in [5, 5.41) is 8.80. The van der Waals surface area contributed by atoms with Crippen LogP contribution in [-0.4, -0.2) is 16.1 Å². The maximum atomic E-state index is 10.7. The number of carbonyl (C=O) groups is 1. The average Bonchev–Trinajstić information content (AvgIpc) is 2.30. The van der Waals surface area contributed by atoms with Crippen LogP contribution in [0, 0.1) is 0 Å². The van der Waals surface area contributed by atoms with Crippen molar-refractivity contribution in [2.24, 2.45) is 0 Å². The highest BCUT2D eigenvalue weighted by molar-refractivity contribution is 5.91. The maximum Gasteiger partial charge on any atom is 0.335 e. The van der Waals surface area contributed by atoms with E-state index in [2.05, 4.69) is 4.98 Å². The molecule has 0 bridgehead atoms. The van der Waals surface area contributed by atoms with Gasteiger partial charge in [-0.25, -0.2) is 4.79 Å². The van der Waals surface area contributed by atoms with Gasteiger partial charge in [0.2, 0.25) is 0 Å². The Balaban J connectivity index is 2.48. The summed E-state index contributed by atoms with van der Waals surface area (Å²) in [6, 6.07) is 10.1. The summed E-state index contributed by atoms with van der Waals surface area (Å²) in [5.41, 5.74) is 7.86. The molecular formula is C12H10N2O2. The highest BCUT2D eigenvalue weighted by Crippen LogP contribution is 2.24. The van der Waals surface area contributed by atoms with Crippen LogP contribution in [0.4, 0.5) is 5.69 Å². The van der Waals surface area contributed by atoms with Crippen LogP contribution in [0.2, 0.25) is 0 Å². The Hall–Kier alpha value is -2.36. The first kappa shape index (κ1) is 10.2. The first-order valence-electron chi connectivity index (χ1n) is 4.72. The van der Waals surface area contributed by atoms with E-state index in [4.69, 9.17) is 10.8 Å². The summed E-state index contributed by atoms with van der Waals surface area (Å²) >= 11 is 0. The summed E-state index contributed by atoms with van der Waals surface area (Å²) in [6.07, 6.45) is 1.67. The molecule has 0 unspecified atom stereocenters. The van der Waals surface area contributed by atoms with Crippen molar-refractivity contribution in [2.45, 2.75) is 0 Å². The molecular weight excluding hydrogens is 204 g/mol. The highest BCUT2D eigenvalue weighted by atomic mass is 16.4. The number of nitrogens with zero attached hydrogens (tertiary/aromatic N) is 1. The van der Waals surface area contributed by atoms with E-state index in [1.54, 1.807) is 12.3 Å². The molecule has 3 N–H and O–H groups in total. The standard InChI is InChI=1S/C12H10N2O2/c13-10-7-8(12(15)16)4-5-9(10)11-3-1-2-6-14-11/h1-7H,13H2,(H,15,16). The minimum Gasteiger partial charge on any atom is -0.478 e. The lowest BCUT2D eigenvalue weighted by Gasteiger charge is -2.05. The number of rotatable bonds is 2. The van der Waals surface area contributed by atoms with Crippen molar-refractivity contribution in [3.05, 3.63) is 48.2 Å². The Kier molecular flexibility index (Phi) is 2.55. The van der Waals surface area contributed by atoms with Crippen LogP contribution in [-0.2, 0) is 0 Å². The summed E-state index contributed by atoms with van der Waals surface area (Å²) in [6.45, 7) is 0. The van der Waals surface area contributed by atoms with E-state index in [1.165, 1.54) is 12.1 Å². The van der Waals surface area contributed by atoms with Crippen molar-refractivity contribution in [1.82, 2.24) is 4.98 Å². The second kappa shape index (κ2) is 4.02. The third kappa shape index (κ3) is 1.86. The molecule has 0 aliphatic rings. The zero-order valence-electron chi connectivity index (χ0n) is 8.42. The van der Waals surface area contributed by atoms with Gasteiger partial charge in [-0.15, -0.1) is 0 Å². The van der Waals surface area contributed by atoms with E-state index in [-0.39, 0.29) is 5.56 Å². The molecule has 0 radical (unpaired) electrons. The fourth-order valence-corrected chi connectivity index (χ4v) is 1.45. The Labute approximate surface area is 92.4 Å². The maximum absolute atomic E-state index is 10.7. The smallest absolute Gasteiger partial charge is 0.335 e. The molecule has 0 fully saturated rings. The number of nitrogens with two attached hydrogens (primary N) is 1. The summed E-state index contributed by atoms with van der Waals surface area (Å²) in [4.78, 5) is 14.9. The molecule has 80 valence electrons. The van der Waals surface area contributed by atoms with Crippen LogP contribution in [0.3, 0.4) is 0 Å². The monoisotopic (exact) mass is 214 g/mol. The molecule has 0 spiro atoms. The normalized spacial score (nSPS) is 10.0. The number of hydrogen-bond donors (Lipinski definition) is 2. The quantitative estimate of drug-likeness (QED) is 0.750. The van der Waals surface area contributed by atoms with Crippen LogP contribution in [0.15, 0.2) is 42.6 Å². The number of pyridine rings is 1. The van der Waals surface area contributed by atoms with E-state index < -0.39 is 5.97 Å². The lowest BCUT2D eigenvalue weighted by Crippen LogP contribution is -1.99. The molecule has 16 heavy (non-hydrogen) atoms. The number of carboxylic acids is 1. The molecule has 1 heterocycles. The topological polar surface area (TPSA) is 76.2 Å². The van der Waals surface area contributed by atoms with E-state index in [1.807, 2.05) is 18.2 Å². The summed E-state index contributed by atoms with van der Waals surface area (Å²) in [7, 11) is 0. The Bertz CT molecular complexity index is 524. The van der Waals surface area contributed by atoms with Crippen molar-refractivity contribution in [3.63, 3.8) is 0 Å². The second-order valence-electron chi connectivity index (χ2n) is 3.32. The summed E-state index contributed by atoms with van der Waals surface area (Å²) < 4.78 is 0. The van der Waals surface area contributed by atoms with Crippen molar-refractivity contribution >= 4 is 11.7 Å². The second-order valence-corrected chi connectivity index (χ2v) is 3.32. The van der Waals surface area contributed by atoms with Gasteiger partial charge in [-0.3, -0.25) is 4.98 Å². The molecule has 2 rings (SSSR count). The molecule has 0 saturated heterocycles. The van der Waals surface area contributed by atoms with Gasteiger partial charge in [-0.2, -0.15) is 0 Å². The third-order valence-electron chi connectivity index (χ3n) is 2.24. The molecule has 0 aliphatic carbocycles. The van der Waals surface area contributed by atoms with Crippen LogP contribution in [0.25, 0.3) is 11.3 Å². The Morgan fingerprint density at radius 2 is 2.06 bits per heavy atom. The zero-order valence-corrected chi connectivity index (χ0v) is 8.42. The van der Waals surface area contributed by atoms with Crippen LogP contribution in [0.5, 0.6) is 0 Å². The number of nitrogen functional groups attached to an aromatic ring is 1. The fourth-order valence-electron chi connectivity index (χ4n) is 1.45. The number of anilines is 1. The van der Waals surface area contributed by atoms with Crippen LogP contribution in [0.1, 0.15) is 10.4 Å². The van der Waals surface area contributed by atoms with Crippen LogP contribution < -0.4 is 5.73 Å². The first-order valence-corrected chi connectivity index (χ1v) is 4.72. The van der Waals surface area contributed by atoms with Crippen molar-refractivity contribution in [3.8, 4) is 11.3 Å². The largest absolute Gasteiger partial charge is 0.478 e. The van der Waals surface area contributed by atoms with Gasteiger partial charge in [0.1, 0.15) is 0 Å². The number of benzene rings is 1. The van der Waals surface area contributed by atoms with E-state index in [0.717, 1.165) is 11.3 Å². The Morgan fingerprint density at radius 3 is 2.62 bits per heavy atom. The molecule has 2 aromatic rings. The number of aromatic carboxylic acids is 1. The van der Waals surface area contributed by atoms with Crippen LogP contribution >= 0.6 is 0 Å². The highest BCUT2D eigenvalue weighted by Gasteiger charge is 2.07. The zero-order chi connectivity index (χ0) is 11.5. The van der Waals surface area contributed by atoms with Gasteiger partial charge >= 0.3 is 5.97 Å². The first-order chi connectivity index (χ1) is 7.68. The molecule has 1 aromatic carbocycles. The molecule has 0 saturated carbocycles. The van der Waals surface area contributed by atoms with Gasteiger partial charge in [0, 0.05) is 17.4 Å². The van der Waals surface area contributed by atoms with Crippen molar-refractivity contribution < 1.29 is 9.90 Å². The van der Waals surface area contributed by atoms with E-state index in [9.17, 15) is 4.79 Å². The lowest BCUT2D eigenvalue weighted by molar-refractivity contribution is 0.0697. The van der Waals surface area contributed by atoms with Gasteiger partial charge in [0.25, 0.3) is 0 Å².